The molecule has 0 saturated carbocycles. The van der Waals surface area contributed by atoms with Gasteiger partial charge < -0.3 is 0 Å². The summed E-state index contributed by atoms with van der Waals surface area (Å²) in [6.45, 7) is 1.35. The quantitative estimate of drug-likeness (QED) is 0.293. The van der Waals surface area contributed by atoms with Gasteiger partial charge in [0.2, 0.25) is 0 Å². The summed E-state index contributed by atoms with van der Waals surface area (Å²) < 4.78 is 105. The Bertz CT molecular complexity index is 1080. The van der Waals surface area contributed by atoms with Gasteiger partial charge in [-0.15, -0.1) is 0 Å². The van der Waals surface area contributed by atoms with E-state index in [9.17, 15) is 40.3 Å². The van der Waals surface area contributed by atoms with Crippen LogP contribution in [0.1, 0.15) is 25.3 Å². The number of nitrogens with two attached hydrogens (primary N) is 1. The van der Waals surface area contributed by atoms with Crippen LogP contribution >= 0.6 is 0 Å². The van der Waals surface area contributed by atoms with Crippen LogP contribution in [0.15, 0.2) is 36.6 Å². The second kappa shape index (κ2) is 10.5. The number of rotatable bonds is 8. The van der Waals surface area contributed by atoms with E-state index in [1.165, 1.54) is 0 Å². The molecule has 3 N–H and O–H groups in total. The Balaban J connectivity index is 2.64. The molecule has 14 heteroatoms. The van der Waals surface area contributed by atoms with E-state index >= 15 is 0 Å². The first-order valence-electron chi connectivity index (χ1n) is 9.66. The number of carbonyl (C=O) groups excluding carboxylic acids is 2. The maximum atomic E-state index is 14.4. The summed E-state index contributed by atoms with van der Waals surface area (Å²) in [5, 5.41) is 2.16. The third-order valence-electron chi connectivity index (χ3n) is 5.55. The molecule has 1 heterocycles. The number of alkyl halides is 5. The number of benzene rings is 1. The van der Waals surface area contributed by atoms with Crippen LogP contribution in [0.2, 0.25) is 0 Å². The summed E-state index contributed by atoms with van der Waals surface area (Å²) in [6, 6.07) is 1.23. The minimum absolute atomic E-state index is 0.236. The van der Waals surface area contributed by atoms with Gasteiger partial charge in [0.25, 0.3) is 0 Å². The molecule has 35 heavy (non-hydrogen) atoms. The van der Waals surface area contributed by atoms with E-state index < -0.39 is 75.6 Å². The average Bonchev–Trinajstić information content (AvgIpc) is 3.02. The fourth-order valence-corrected chi connectivity index (χ4v) is 3.75. The molecule has 1 aromatic rings. The van der Waals surface area contributed by atoms with E-state index in [0.717, 1.165) is 25.1 Å². The number of carbonyl (C=O) groups is 2. The molecule has 2 amide bonds. The van der Waals surface area contributed by atoms with Crippen LogP contribution in [0.5, 0.6) is 5.75 Å². The fraction of sp³-hybridized carbons (Fsp3) is 0.381. The van der Waals surface area contributed by atoms with Crippen LogP contribution in [0, 0.1) is 17.6 Å². The van der Waals surface area contributed by atoms with Crippen LogP contribution < -0.4 is 15.8 Å². The molecule has 1 aromatic carbocycles. The molecule has 0 unspecified atom stereocenters. The predicted molar refractivity (Wildman–Crippen MR) is 105 cm³/mol. The predicted octanol–water partition coefficient (Wildman–Crippen LogP) is 3.40. The molecule has 0 bridgehead atoms. The van der Waals surface area contributed by atoms with Crippen LogP contribution in [0.25, 0.3) is 0 Å². The number of hydrogen-bond acceptors (Lipinski definition) is 4. The maximum absolute atomic E-state index is 14.4. The van der Waals surface area contributed by atoms with Gasteiger partial charge in [-0.3, -0.25) is 0 Å². The molecule has 0 radical (unpaired) electrons. The number of halogens is 7. The van der Waals surface area contributed by atoms with E-state index in [1.54, 1.807) is 0 Å². The second-order valence-electron chi connectivity index (χ2n) is 7.59. The van der Waals surface area contributed by atoms with Crippen molar-refractivity contribution in [1.82, 2.24) is 5.32 Å². The van der Waals surface area contributed by atoms with Crippen LogP contribution in [-0.4, -0.2) is 40.8 Å². The normalized spacial score (nSPS) is 24.9. The molecule has 0 spiro atoms. The Morgan fingerprint density at radius 3 is 2.40 bits per heavy atom. The van der Waals surface area contributed by atoms with Crippen molar-refractivity contribution in [1.29, 1.82) is 0 Å². The molecule has 196 valence electrons. The Labute approximate surface area is 202 Å². The van der Waals surface area contributed by atoms with Crippen LogP contribution in [0.3, 0.4) is 0 Å². The molecular weight excluding hydrogens is 536 g/mol. The summed E-state index contributed by atoms with van der Waals surface area (Å²) in [5.41, 5.74) is 1.13. The standard InChI is InChI=1S/C21H19F7N2O4.Ni/c1-4-10(5-8-13(29)31)30-18(32)17-14(9(2)20(3,34-17)21(26,27)28)11-6-7-12(22)15(23)16(11)33-19(24)25;/h4-7,9,14,17,19H,1H2,2-3H3,(H2,29,31)(H,30,32);/b10-5+;/t9-,14+,17-,20+;/m0./s1. The Morgan fingerprint density at radius 1 is 1.31 bits per heavy atom. The van der Waals surface area contributed by atoms with Crippen molar-refractivity contribution >= 4 is 16.3 Å². The van der Waals surface area contributed by atoms with Crippen LogP contribution in [0.4, 0.5) is 30.7 Å². The molecule has 1 aliphatic heterocycles. The van der Waals surface area contributed by atoms with Gasteiger partial charge in [-0.2, -0.15) is 0 Å². The Hall–Kier alpha value is -2.73. The summed E-state index contributed by atoms with van der Waals surface area (Å²) in [4.78, 5) is 24.2. The van der Waals surface area contributed by atoms with Gasteiger partial charge in [-0.05, 0) is 0 Å². The molecular formula is C21H19F7N2NiO4. The van der Waals surface area contributed by atoms with Crippen molar-refractivity contribution in [3.63, 3.8) is 0 Å². The van der Waals surface area contributed by atoms with E-state index in [2.05, 4.69) is 31.7 Å². The third kappa shape index (κ3) is 5.75. The molecule has 2 rings (SSSR count). The molecule has 1 saturated heterocycles. The Kier molecular flexibility index (Phi) is 8.54. The van der Waals surface area contributed by atoms with E-state index in [-0.39, 0.29) is 5.70 Å². The number of ether oxygens (including phenoxy) is 2. The topological polar surface area (TPSA) is 90.7 Å². The molecule has 6 nitrogen and oxygen atoms in total. The molecule has 0 aliphatic carbocycles. The van der Waals surface area contributed by atoms with Gasteiger partial charge >= 0.3 is 202 Å². The minimum atomic E-state index is -5.06. The number of primary amides is 1. The summed E-state index contributed by atoms with van der Waals surface area (Å²) >= 11 is 4.36. The summed E-state index contributed by atoms with van der Waals surface area (Å²) in [6.07, 6.45) is -5.20. The van der Waals surface area contributed by atoms with Crippen molar-refractivity contribution in [2.75, 3.05) is 0 Å². The van der Waals surface area contributed by atoms with E-state index in [0.29, 0.717) is 13.0 Å². The van der Waals surface area contributed by atoms with Gasteiger partial charge in [0.05, 0.1) is 0 Å². The first-order valence-corrected chi connectivity index (χ1v) is 10.2. The molecule has 0 aromatic heterocycles. The first kappa shape index (κ1) is 28.5. The monoisotopic (exact) mass is 554 g/mol. The van der Waals surface area contributed by atoms with Crippen LogP contribution in [-0.2, 0) is 29.4 Å². The second-order valence-corrected chi connectivity index (χ2v) is 8.12. The zero-order chi connectivity index (χ0) is 26.9. The summed E-state index contributed by atoms with van der Waals surface area (Å²) in [7, 11) is 0. The van der Waals surface area contributed by atoms with Crippen molar-refractivity contribution in [2.24, 2.45) is 11.7 Å². The van der Waals surface area contributed by atoms with Gasteiger partial charge in [0, 0.05) is 0 Å². The SMILES string of the molecule is C=C/C(=C\[C](=[Ni])C(N)=O)NC(=O)[C@H]1O[C@@](C)(C(F)(F)F)[C@@H](C)[C@@H]1c1ccc(F)c(F)c1OC(F)F. The van der Waals surface area contributed by atoms with Crippen molar-refractivity contribution in [3.8, 4) is 5.75 Å². The Morgan fingerprint density at radius 2 is 1.91 bits per heavy atom. The number of nitrogens with one attached hydrogen (secondary N) is 1. The fourth-order valence-electron chi connectivity index (χ4n) is 3.60. The summed E-state index contributed by atoms with van der Waals surface area (Å²) in [5.74, 6) is -10.5. The number of allylic oxidation sites excluding steroid dienone is 1. The van der Waals surface area contributed by atoms with Gasteiger partial charge in [-0.1, -0.05) is 0 Å². The van der Waals surface area contributed by atoms with Crippen molar-refractivity contribution in [2.45, 2.75) is 44.3 Å². The van der Waals surface area contributed by atoms with Gasteiger partial charge in [0.15, 0.2) is 0 Å². The average molecular weight is 555 g/mol. The molecule has 1 aliphatic rings. The zero-order valence-corrected chi connectivity index (χ0v) is 19.0. The molecule has 1 fully saturated rings. The number of amides is 2. The van der Waals surface area contributed by atoms with Gasteiger partial charge in [-0.25, -0.2) is 0 Å². The van der Waals surface area contributed by atoms with Crippen molar-refractivity contribution in [3.05, 3.63) is 53.8 Å². The molecule has 4 atom stereocenters. The van der Waals surface area contributed by atoms with E-state index in [1.807, 2.05) is 0 Å². The third-order valence-corrected chi connectivity index (χ3v) is 5.94. The van der Waals surface area contributed by atoms with Crippen molar-refractivity contribution < 1.29 is 64.8 Å². The number of hydrogen-bond donors (Lipinski definition) is 2. The van der Waals surface area contributed by atoms with E-state index in [4.69, 9.17) is 10.5 Å². The zero-order valence-electron chi connectivity index (χ0n) is 18.0. The van der Waals surface area contributed by atoms with Gasteiger partial charge in [0.1, 0.15) is 0 Å². The first-order chi connectivity index (χ1) is 16.0.